The van der Waals surface area contributed by atoms with Crippen LogP contribution in [0.3, 0.4) is 0 Å². The van der Waals surface area contributed by atoms with Gasteiger partial charge in [-0.1, -0.05) is 132 Å². The molecule has 0 unspecified atom stereocenters. The number of fused-ring (bicyclic) bond motifs is 8. The van der Waals surface area contributed by atoms with E-state index in [0.29, 0.717) is 0 Å². The van der Waals surface area contributed by atoms with E-state index in [4.69, 9.17) is 16.7 Å². The third-order valence-corrected chi connectivity index (χ3v) is 15.7. The Balaban J connectivity index is 2.23. The van der Waals surface area contributed by atoms with Gasteiger partial charge in [0.1, 0.15) is 23.0 Å². The summed E-state index contributed by atoms with van der Waals surface area (Å²) in [5.41, 5.74) is -34.8. The van der Waals surface area contributed by atoms with Crippen molar-refractivity contribution in [2.24, 2.45) is 0 Å². The van der Waals surface area contributed by atoms with Gasteiger partial charge in [0, 0.05) is 70.2 Å². The summed E-state index contributed by atoms with van der Waals surface area (Å²) in [6, 6.07) is 8.29. The second-order valence-corrected chi connectivity index (χ2v) is 28.3. The predicted octanol–water partition coefficient (Wildman–Crippen LogP) is 12.5. The van der Waals surface area contributed by atoms with E-state index in [1.165, 1.54) is 83.1 Å². The van der Waals surface area contributed by atoms with Gasteiger partial charge < -0.3 is 16.7 Å². The Morgan fingerprint density at radius 2 is 0.395 bits per heavy atom. The fourth-order valence-corrected chi connectivity index (χ4v) is 9.79. The number of alkyl halides is 12. The molecule has 0 aromatic heterocycles. The first kappa shape index (κ1) is 61.9. The molecule has 0 aliphatic heterocycles. The summed E-state index contributed by atoms with van der Waals surface area (Å²) in [5, 5.41) is 0. The summed E-state index contributed by atoms with van der Waals surface area (Å²) in [6.07, 6.45) is -4.57. The van der Waals surface area contributed by atoms with Gasteiger partial charge in [-0.15, -0.1) is 0 Å². The van der Waals surface area contributed by atoms with Crippen LogP contribution in [0.5, 0.6) is 23.0 Å². The lowest BCUT2D eigenvalue weighted by Gasteiger charge is -2.29. The number of hydrogen-bond donors (Lipinski definition) is 0. The van der Waals surface area contributed by atoms with E-state index in [1.807, 2.05) is 0 Å². The van der Waals surface area contributed by atoms with E-state index in [9.17, 15) is 86.4 Å². The van der Waals surface area contributed by atoms with Gasteiger partial charge in [-0.25, -0.2) is 0 Å². The van der Waals surface area contributed by atoms with Crippen LogP contribution in [0.2, 0.25) is 0 Å². The second kappa shape index (κ2) is 19.4. The molecule has 0 saturated carbocycles. The molecule has 4 aromatic rings. The van der Waals surface area contributed by atoms with Crippen molar-refractivity contribution in [3.8, 4) is 23.0 Å². The summed E-state index contributed by atoms with van der Waals surface area (Å²) in [4.78, 5) is 0. The van der Waals surface area contributed by atoms with Crippen molar-refractivity contribution in [1.82, 2.24) is 0 Å². The van der Waals surface area contributed by atoms with Crippen LogP contribution in [-0.4, -0.2) is 55.7 Å². The van der Waals surface area contributed by atoms with Crippen LogP contribution in [0.15, 0.2) is 48.5 Å². The molecular weight excluding hydrogens is 1120 g/mol. The summed E-state index contributed by atoms with van der Waals surface area (Å²) < 4.78 is 297. The highest BCUT2D eigenvalue weighted by atomic mass is 32.2. The van der Waals surface area contributed by atoms with E-state index < -0.39 is 177 Å². The number of halogens is 12. The zero-order chi connectivity index (χ0) is 58.6. The highest BCUT2D eigenvalue weighted by Gasteiger charge is 2.53. The van der Waals surface area contributed by atoms with Crippen molar-refractivity contribution < 1.29 is 103 Å². The normalized spacial score (nSPS) is 15.1. The molecule has 0 amide bonds. The smallest absolute Gasteiger partial charge is 0.375 e. The first-order valence-electron chi connectivity index (χ1n) is 22.3. The lowest BCUT2D eigenvalue weighted by molar-refractivity contribution is -0.0505. The van der Waals surface area contributed by atoms with Crippen LogP contribution in [0.25, 0.3) is 0 Å². The molecule has 12 nitrogen and oxygen atoms in total. The van der Waals surface area contributed by atoms with Crippen molar-refractivity contribution in [2.45, 2.75) is 152 Å². The molecule has 8 bridgehead atoms. The Labute approximate surface area is 432 Å². The molecule has 5 rings (SSSR count). The molecule has 28 heteroatoms. The minimum Gasteiger partial charge on any atom is -0.375 e. The minimum atomic E-state index is -6.80. The molecule has 1 aliphatic carbocycles. The molecule has 0 radical (unpaired) electrons. The fourth-order valence-electron chi connectivity index (χ4n) is 7.68. The van der Waals surface area contributed by atoms with Crippen LogP contribution in [0, 0.1) is 0 Å². The van der Waals surface area contributed by atoms with Gasteiger partial charge in [-0.05, 0) is 43.9 Å². The summed E-state index contributed by atoms with van der Waals surface area (Å²) in [7, 11) is -27.2. The Bertz CT molecular complexity index is 2860. The molecule has 1 aliphatic rings. The maximum Gasteiger partial charge on any atom is 0.534 e. The van der Waals surface area contributed by atoms with E-state index >= 15 is 0 Å². The molecule has 0 N–H and O–H groups in total. The van der Waals surface area contributed by atoms with E-state index in [0.717, 1.165) is 48.5 Å². The van der Waals surface area contributed by atoms with Crippen molar-refractivity contribution in [1.29, 1.82) is 0 Å². The molecular formula is C48H52F12O12S4. The molecule has 0 heterocycles. The first-order chi connectivity index (χ1) is 33.7. The average Bonchev–Trinajstić information content (AvgIpc) is 3.18. The Hall–Kier alpha value is -4.96. The van der Waals surface area contributed by atoms with Crippen molar-refractivity contribution >= 4 is 40.5 Å². The van der Waals surface area contributed by atoms with Gasteiger partial charge in [0.25, 0.3) is 0 Å². The summed E-state index contributed by atoms with van der Waals surface area (Å²) in [5.74, 6) is -5.09. The SMILES string of the molecule is CC(C)(C)c1cc2c(OS(=O)(=O)C(F)(F)F)c(c1)Cc1cc(C(C)(C)C)cc(c1OS(=O)(=O)C(F)(F)F)Cc1cc(C(C)(C)C)cc(c1OS(=O)(=O)C(F)(F)F)Cc1cc(C(C)(C)C)cc(c1OS(=O)(=O)C(F)(F)F)C2. The van der Waals surface area contributed by atoms with Crippen LogP contribution < -0.4 is 16.7 Å². The molecule has 0 atom stereocenters. The Morgan fingerprint density at radius 3 is 0.487 bits per heavy atom. The molecule has 0 fully saturated rings. The van der Waals surface area contributed by atoms with Crippen LogP contribution in [0.1, 0.15) is 150 Å². The van der Waals surface area contributed by atoms with Gasteiger partial charge in [0.05, 0.1) is 0 Å². The minimum absolute atomic E-state index is 0.0582. The zero-order valence-corrected chi connectivity index (χ0v) is 45.8. The quantitative estimate of drug-likeness (QED) is 0.0818. The largest absolute Gasteiger partial charge is 0.534 e. The zero-order valence-electron chi connectivity index (χ0n) is 42.5. The third kappa shape index (κ3) is 13.3. The van der Waals surface area contributed by atoms with Crippen LogP contribution in [0.4, 0.5) is 52.7 Å². The van der Waals surface area contributed by atoms with E-state index in [2.05, 4.69) is 0 Å². The molecule has 424 valence electrons. The Kier molecular flexibility index (Phi) is 15.8. The Morgan fingerprint density at radius 1 is 0.276 bits per heavy atom. The van der Waals surface area contributed by atoms with E-state index in [-0.39, 0.29) is 22.3 Å². The highest BCUT2D eigenvalue weighted by molar-refractivity contribution is 7.88. The lowest BCUT2D eigenvalue weighted by Crippen LogP contribution is -2.30. The van der Waals surface area contributed by atoms with Crippen LogP contribution in [-0.2, 0) is 87.8 Å². The number of benzene rings is 4. The van der Waals surface area contributed by atoms with Gasteiger partial charge >= 0.3 is 62.5 Å². The van der Waals surface area contributed by atoms with Crippen molar-refractivity contribution in [2.75, 3.05) is 0 Å². The summed E-state index contributed by atoms with van der Waals surface area (Å²) in [6.45, 7) is 18.3. The number of rotatable bonds is 8. The predicted molar refractivity (Wildman–Crippen MR) is 254 cm³/mol. The maximum absolute atomic E-state index is 14.4. The highest BCUT2D eigenvalue weighted by Crippen LogP contribution is 2.47. The molecule has 0 saturated heterocycles. The van der Waals surface area contributed by atoms with Gasteiger partial charge in [-0.2, -0.15) is 86.4 Å². The molecule has 0 spiro atoms. The van der Waals surface area contributed by atoms with Gasteiger partial charge in [-0.3, -0.25) is 0 Å². The van der Waals surface area contributed by atoms with Gasteiger partial charge in [0.2, 0.25) is 0 Å². The summed E-state index contributed by atoms with van der Waals surface area (Å²) >= 11 is 0. The van der Waals surface area contributed by atoms with Gasteiger partial charge in [0.15, 0.2) is 0 Å². The number of hydrogen-bond acceptors (Lipinski definition) is 12. The standard InChI is InChI=1S/C48H52F12O12S4/c1-41(2,3)33-17-25-13-27-19-34(42(4,5)6)21-29(38(27)70-74(63,64)46(52,53)54)15-31-23-36(44(10,11)12)24-32(40(31)72-76(67,68)48(58,59)60)16-30-22-35(43(7,8)9)20-28(39(30)71-75(65,66)47(55,56)57)14-26(18-33)37(25)69-73(61,62)45(49,50)51/h17-24H,13-16H2,1-12H3. The fraction of sp³-hybridized carbons (Fsp3) is 0.500. The monoisotopic (exact) mass is 1180 g/mol. The lowest BCUT2D eigenvalue weighted by atomic mass is 9.79. The molecule has 4 aromatic carbocycles. The second-order valence-electron chi connectivity index (χ2n) is 22.1. The average molecular weight is 1180 g/mol. The first-order valence-corrected chi connectivity index (χ1v) is 28.0. The van der Waals surface area contributed by atoms with Crippen LogP contribution >= 0.6 is 0 Å². The topological polar surface area (TPSA) is 173 Å². The van der Waals surface area contributed by atoms with E-state index in [1.54, 1.807) is 0 Å². The third-order valence-electron chi connectivity index (χ3n) is 11.9. The molecule has 76 heavy (non-hydrogen) atoms. The maximum atomic E-state index is 14.4. The van der Waals surface area contributed by atoms with Crippen molar-refractivity contribution in [3.05, 3.63) is 115 Å². The van der Waals surface area contributed by atoms with Crippen molar-refractivity contribution in [3.63, 3.8) is 0 Å².